The number of ether oxygens (including phenoxy) is 2. The molecule has 4 rings (SSSR count). The predicted molar refractivity (Wildman–Crippen MR) is 131 cm³/mol. The fraction of sp³-hybridized carbons (Fsp3) is 0.148. The molecule has 0 spiro atoms. The van der Waals surface area contributed by atoms with E-state index in [-0.39, 0.29) is 12.4 Å². The van der Waals surface area contributed by atoms with Crippen molar-refractivity contribution in [3.8, 4) is 17.2 Å². The minimum absolute atomic E-state index is 0.125. The quantitative estimate of drug-likeness (QED) is 0.170. The zero-order valence-electron chi connectivity index (χ0n) is 19.6. The second-order valence-electron chi connectivity index (χ2n) is 7.86. The van der Waals surface area contributed by atoms with Crippen LogP contribution in [0.2, 0.25) is 0 Å². The van der Waals surface area contributed by atoms with Gasteiger partial charge in [0.1, 0.15) is 23.9 Å². The van der Waals surface area contributed by atoms with Crippen LogP contribution in [0.5, 0.6) is 11.5 Å². The maximum absolute atomic E-state index is 12.3. The average molecular weight is 472 g/mol. The molecule has 0 aliphatic rings. The van der Waals surface area contributed by atoms with Crippen LogP contribution >= 0.6 is 0 Å². The minimum atomic E-state index is -0.481. The van der Waals surface area contributed by atoms with Gasteiger partial charge in [0.15, 0.2) is 5.76 Å². The first-order chi connectivity index (χ1) is 16.9. The number of esters is 1. The highest BCUT2D eigenvalue weighted by Gasteiger charge is 2.11. The van der Waals surface area contributed by atoms with Gasteiger partial charge in [0.2, 0.25) is 0 Å². The first-order valence-electron chi connectivity index (χ1n) is 11.0. The number of aryl methyl sites for hydroxylation is 2. The molecule has 2 aromatic carbocycles. The van der Waals surface area contributed by atoms with E-state index in [0.29, 0.717) is 17.3 Å². The lowest BCUT2D eigenvalue weighted by Crippen LogP contribution is -2.16. The third kappa shape index (κ3) is 6.05. The largest absolute Gasteiger partial charge is 0.486 e. The molecular weight excluding hydrogens is 446 g/mol. The van der Waals surface area contributed by atoms with Crippen molar-refractivity contribution in [3.63, 3.8) is 0 Å². The minimum Gasteiger partial charge on any atom is -0.486 e. The van der Waals surface area contributed by atoms with Gasteiger partial charge >= 0.3 is 11.9 Å². The second-order valence-corrected chi connectivity index (χ2v) is 7.86. The number of carbonyl (C=O) groups is 2. The lowest BCUT2D eigenvalue weighted by atomic mass is 10.2. The van der Waals surface area contributed by atoms with Crippen molar-refractivity contribution in [1.29, 1.82) is 0 Å². The smallest absolute Gasteiger partial charge is 0.308 e. The fourth-order valence-corrected chi connectivity index (χ4v) is 3.51. The number of nitrogens with one attached hydrogen (secondary N) is 1. The van der Waals surface area contributed by atoms with Crippen LogP contribution in [0.4, 0.5) is 0 Å². The van der Waals surface area contributed by atoms with E-state index >= 15 is 0 Å². The molecule has 35 heavy (non-hydrogen) atoms. The molecule has 4 aromatic rings. The number of furan rings is 1. The normalized spacial score (nSPS) is 10.9. The van der Waals surface area contributed by atoms with Crippen LogP contribution in [0, 0.1) is 13.8 Å². The summed E-state index contributed by atoms with van der Waals surface area (Å²) in [4.78, 5) is 23.2. The van der Waals surface area contributed by atoms with Crippen molar-refractivity contribution in [2.45, 2.75) is 27.4 Å². The molecule has 1 N–H and O–H groups in total. The van der Waals surface area contributed by atoms with Crippen molar-refractivity contribution in [3.05, 3.63) is 101 Å². The van der Waals surface area contributed by atoms with Gasteiger partial charge in [-0.2, -0.15) is 5.10 Å². The number of aromatic nitrogens is 1. The van der Waals surface area contributed by atoms with E-state index < -0.39 is 11.9 Å². The van der Waals surface area contributed by atoms with Gasteiger partial charge in [-0.1, -0.05) is 0 Å². The van der Waals surface area contributed by atoms with E-state index in [4.69, 9.17) is 13.9 Å². The van der Waals surface area contributed by atoms with Gasteiger partial charge in [0.05, 0.1) is 6.21 Å². The van der Waals surface area contributed by atoms with Gasteiger partial charge < -0.3 is 18.5 Å². The standard InChI is InChI=1S/C27H25N3O5/c1-18-4-5-19(2)30(18)22-8-12-23(13-9-22)33-17-25-14-15-26(35-25)27(32)29-28-16-21-6-10-24(11-7-21)34-20(3)31/h4-16H,17H2,1-3H3,(H,29,32)/b28-16+. The number of hydrogen-bond acceptors (Lipinski definition) is 6. The molecule has 2 heterocycles. The Morgan fingerprint density at radius 2 is 1.57 bits per heavy atom. The van der Waals surface area contributed by atoms with Crippen molar-refractivity contribution in [2.24, 2.45) is 5.10 Å². The Labute approximate surface area is 202 Å². The van der Waals surface area contributed by atoms with Crippen LogP contribution < -0.4 is 14.9 Å². The Morgan fingerprint density at radius 1 is 0.914 bits per heavy atom. The molecule has 8 heteroatoms. The Balaban J connectivity index is 1.28. The summed E-state index contributed by atoms with van der Waals surface area (Å²) in [5.74, 6) is 0.902. The molecule has 1 amide bonds. The summed E-state index contributed by atoms with van der Waals surface area (Å²) in [6.07, 6.45) is 1.47. The number of nitrogens with zero attached hydrogens (tertiary/aromatic N) is 2. The van der Waals surface area contributed by atoms with Gasteiger partial charge in [-0.05, 0) is 92.2 Å². The lowest BCUT2D eigenvalue weighted by molar-refractivity contribution is -0.131. The molecule has 0 fully saturated rings. The Kier molecular flexibility index (Phi) is 7.11. The average Bonchev–Trinajstić information content (AvgIpc) is 3.45. The number of hydrogen-bond donors (Lipinski definition) is 1. The zero-order valence-corrected chi connectivity index (χ0v) is 19.6. The van der Waals surface area contributed by atoms with E-state index in [0.717, 1.165) is 11.3 Å². The molecule has 0 radical (unpaired) electrons. The molecule has 0 saturated heterocycles. The summed E-state index contributed by atoms with van der Waals surface area (Å²) in [5, 5.41) is 3.93. The molecule has 0 aliphatic carbocycles. The summed E-state index contributed by atoms with van der Waals surface area (Å²) in [7, 11) is 0. The highest BCUT2D eigenvalue weighted by Crippen LogP contribution is 2.21. The maximum atomic E-state index is 12.3. The highest BCUT2D eigenvalue weighted by molar-refractivity contribution is 5.92. The number of hydrazone groups is 1. The molecule has 0 unspecified atom stereocenters. The second kappa shape index (κ2) is 10.6. The molecule has 2 aromatic heterocycles. The van der Waals surface area contributed by atoms with Crippen LogP contribution in [-0.2, 0) is 11.4 Å². The number of amides is 1. The molecular formula is C27H25N3O5. The maximum Gasteiger partial charge on any atom is 0.308 e. The van der Waals surface area contributed by atoms with E-state index in [1.165, 1.54) is 24.5 Å². The third-order valence-corrected chi connectivity index (χ3v) is 5.15. The van der Waals surface area contributed by atoms with Crippen molar-refractivity contribution in [1.82, 2.24) is 9.99 Å². The Hall–Kier alpha value is -4.59. The highest BCUT2D eigenvalue weighted by atomic mass is 16.5. The molecule has 0 aliphatic heterocycles. The van der Waals surface area contributed by atoms with E-state index in [1.807, 2.05) is 24.3 Å². The monoisotopic (exact) mass is 471 g/mol. The van der Waals surface area contributed by atoms with Crippen LogP contribution in [0.3, 0.4) is 0 Å². The number of benzene rings is 2. The molecule has 8 nitrogen and oxygen atoms in total. The van der Waals surface area contributed by atoms with E-state index in [2.05, 4.69) is 41.1 Å². The van der Waals surface area contributed by atoms with Crippen molar-refractivity contribution >= 4 is 18.1 Å². The van der Waals surface area contributed by atoms with Gasteiger partial charge in [0, 0.05) is 24.0 Å². The summed E-state index contributed by atoms with van der Waals surface area (Å²) >= 11 is 0. The first-order valence-corrected chi connectivity index (χ1v) is 11.0. The molecule has 178 valence electrons. The third-order valence-electron chi connectivity index (χ3n) is 5.15. The number of carbonyl (C=O) groups excluding carboxylic acids is 2. The molecule has 0 saturated carbocycles. The summed E-state index contributed by atoms with van der Waals surface area (Å²) in [6.45, 7) is 5.66. The molecule has 0 atom stereocenters. The Morgan fingerprint density at radius 3 is 2.23 bits per heavy atom. The van der Waals surface area contributed by atoms with Gasteiger partial charge in [-0.25, -0.2) is 5.43 Å². The summed E-state index contributed by atoms with van der Waals surface area (Å²) in [5.41, 5.74) is 6.54. The van der Waals surface area contributed by atoms with E-state index in [9.17, 15) is 9.59 Å². The fourth-order valence-electron chi connectivity index (χ4n) is 3.51. The predicted octanol–water partition coefficient (Wildman–Crippen LogP) is 4.96. The number of rotatable bonds is 8. The van der Waals surface area contributed by atoms with Crippen molar-refractivity contribution in [2.75, 3.05) is 0 Å². The van der Waals surface area contributed by atoms with Crippen LogP contribution in [-0.4, -0.2) is 22.7 Å². The van der Waals surface area contributed by atoms with Gasteiger partial charge in [0.25, 0.3) is 0 Å². The summed E-state index contributed by atoms with van der Waals surface area (Å²) in [6, 6.07) is 21.9. The van der Waals surface area contributed by atoms with E-state index in [1.54, 1.807) is 36.4 Å². The van der Waals surface area contributed by atoms with Crippen LogP contribution in [0.15, 0.2) is 82.3 Å². The molecule has 0 bridgehead atoms. The first kappa shape index (κ1) is 23.6. The Bertz CT molecular complexity index is 1330. The van der Waals surface area contributed by atoms with Crippen LogP contribution in [0.25, 0.3) is 5.69 Å². The van der Waals surface area contributed by atoms with Gasteiger partial charge in [-0.3, -0.25) is 9.59 Å². The zero-order chi connectivity index (χ0) is 24.8. The summed E-state index contributed by atoms with van der Waals surface area (Å²) < 4.78 is 18.5. The van der Waals surface area contributed by atoms with Crippen LogP contribution in [0.1, 0.15) is 40.2 Å². The SMILES string of the molecule is CC(=O)Oc1ccc(/C=N/NC(=O)c2ccc(COc3ccc(-n4c(C)ccc4C)cc3)o2)cc1. The topological polar surface area (TPSA) is 95.1 Å². The van der Waals surface area contributed by atoms with Gasteiger partial charge in [-0.15, -0.1) is 0 Å². The van der Waals surface area contributed by atoms with Crippen molar-refractivity contribution < 1.29 is 23.5 Å². The lowest BCUT2D eigenvalue weighted by Gasteiger charge is -2.10.